The van der Waals surface area contributed by atoms with Gasteiger partial charge in [0, 0.05) is 17.0 Å². The Bertz CT molecular complexity index is 536. The minimum atomic E-state index is -3.28. The van der Waals surface area contributed by atoms with Gasteiger partial charge in [-0.1, -0.05) is 22.8 Å². The van der Waals surface area contributed by atoms with Gasteiger partial charge < -0.3 is 5.21 Å². The van der Waals surface area contributed by atoms with Gasteiger partial charge in [-0.2, -0.15) is 0 Å². The SMILES string of the molecule is O=S1(=O)CC/C(=N/O)c2ccc(Cl)cc21. The molecule has 0 aliphatic carbocycles. The van der Waals surface area contributed by atoms with Crippen molar-refractivity contribution in [3.05, 3.63) is 28.8 Å². The van der Waals surface area contributed by atoms with E-state index in [2.05, 4.69) is 5.16 Å². The molecule has 15 heavy (non-hydrogen) atoms. The van der Waals surface area contributed by atoms with Crippen molar-refractivity contribution in [2.45, 2.75) is 11.3 Å². The number of oxime groups is 1. The summed E-state index contributed by atoms with van der Waals surface area (Å²) in [4.78, 5) is 0.147. The maximum Gasteiger partial charge on any atom is 0.179 e. The summed E-state index contributed by atoms with van der Waals surface area (Å²) >= 11 is 5.73. The smallest absolute Gasteiger partial charge is 0.179 e. The highest BCUT2D eigenvalue weighted by atomic mass is 35.5. The number of nitrogens with zero attached hydrogens (tertiary/aromatic N) is 1. The van der Waals surface area contributed by atoms with Gasteiger partial charge in [0.1, 0.15) is 0 Å². The Morgan fingerprint density at radius 3 is 2.80 bits per heavy atom. The van der Waals surface area contributed by atoms with E-state index in [1.54, 1.807) is 12.1 Å². The molecule has 0 spiro atoms. The van der Waals surface area contributed by atoms with E-state index in [4.69, 9.17) is 16.8 Å². The zero-order valence-electron chi connectivity index (χ0n) is 7.64. The van der Waals surface area contributed by atoms with Crippen LogP contribution in [0.5, 0.6) is 0 Å². The second-order valence-corrected chi connectivity index (χ2v) is 5.77. The Morgan fingerprint density at radius 2 is 2.13 bits per heavy atom. The molecule has 0 fully saturated rings. The molecule has 1 aliphatic rings. The van der Waals surface area contributed by atoms with Crippen LogP contribution in [-0.2, 0) is 9.84 Å². The summed E-state index contributed by atoms with van der Waals surface area (Å²) in [7, 11) is -3.28. The summed E-state index contributed by atoms with van der Waals surface area (Å²) in [5, 5.41) is 12.2. The van der Waals surface area contributed by atoms with E-state index in [1.807, 2.05) is 0 Å². The molecule has 0 saturated carbocycles. The van der Waals surface area contributed by atoms with Crippen molar-refractivity contribution in [2.75, 3.05) is 5.75 Å². The molecule has 6 heteroatoms. The molecular formula is C9H8ClNO3S. The molecule has 0 aromatic heterocycles. The average molecular weight is 246 g/mol. The van der Waals surface area contributed by atoms with Gasteiger partial charge in [-0.05, 0) is 12.1 Å². The van der Waals surface area contributed by atoms with Crippen molar-refractivity contribution < 1.29 is 13.6 Å². The molecule has 0 unspecified atom stereocenters. The summed E-state index contributed by atoms with van der Waals surface area (Å²) in [6, 6.07) is 4.52. The average Bonchev–Trinajstić information content (AvgIpc) is 2.19. The minimum Gasteiger partial charge on any atom is -0.411 e. The summed E-state index contributed by atoms with van der Waals surface area (Å²) in [6.07, 6.45) is 0.230. The first-order chi connectivity index (χ1) is 7.04. The fraction of sp³-hybridized carbons (Fsp3) is 0.222. The standard InChI is InChI=1S/C9H8ClNO3S/c10-6-1-2-7-8(11-12)3-4-15(13,14)9(7)5-6/h1-2,5,12H,3-4H2/b11-8-. The topological polar surface area (TPSA) is 66.7 Å². The van der Waals surface area contributed by atoms with Crippen LogP contribution < -0.4 is 0 Å². The Labute approximate surface area is 92.1 Å². The molecule has 0 saturated heterocycles. The van der Waals surface area contributed by atoms with E-state index >= 15 is 0 Å². The lowest BCUT2D eigenvalue weighted by molar-refractivity contribution is 0.318. The highest BCUT2D eigenvalue weighted by Gasteiger charge is 2.28. The Hall–Kier alpha value is -1.07. The van der Waals surface area contributed by atoms with Gasteiger partial charge in [0.25, 0.3) is 0 Å². The summed E-state index contributed by atoms with van der Waals surface area (Å²) < 4.78 is 23.4. The van der Waals surface area contributed by atoms with Crippen molar-refractivity contribution in [1.82, 2.24) is 0 Å². The van der Waals surface area contributed by atoms with Crippen molar-refractivity contribution in [1.29, 1.82) is 0 Å². The minimum absolute atomic E-state index is 0.0419. The van der Waals surface area contributed by atoms with Gasteiger partial charge in [0.05, 0.1) is 16.4 Å². The predicted molar refractivity (Wildman–Crippen MR) is 56.4 cm³/mol. The van der Waals surface area contributed by atoms with Crippen molar-refractivity contribution in [2.24, 2.45) is 5.16 Å². The largest absolute Gasteiger partial charge is 0.411 e. The van der Waals surface area contributed by atoms with E-state index in [1.165, 1.54) is 6.07 Å². The molecule has 1 aliphatic heterocycles. The van der Waals surface area contributed by atoms with Crippen LogP contribution >= 0.6 is 11.6 Å². The van der Waals surface area contributed by atoms with Crippen LogP contribution in [0.3, 0.4) is 0 Å². The van der Waals surface area contributed by atoms with Gasteiger partial charge in [-0.3, -0.25) is 0 Å². The monoisotopic (exact) mass is 245 g/mol. The molecule has 0 amide bonds. The lowest BCUT2D eigenvalue weighted by atomic mass is 10.1. The Morgan fingerprint density at radius 1 is 1.40 bits per heavy atom. The lowest BCUT2D eigenvalue weighted by Crippen LogP contribution is -2.21. The number of benzene rings is 1. The maximum atomic E-state index is 11.7. The molecule has 1 aromatic carbocycles. The summed E-state index contributed by atoms with van der Waals surface area (Å²) in [6.45, 7) is 0. The molecule has 0 radical (unpaired) electrons. The molecule has 0 bridgehead atoms. The van der Waals surface area contributed by atoms with Gasteiger partial charge in [0.2, 0.25) is 0 Å². The van der Waals surface area contributed by atoms with Crippen LogP contribution in [0.25, 0.3) is 0 Å². The molecule has 1 aromatic rings. The van der Waals surface area contributed by atoms with Crippen molar-refractivity contribution in [3.8, 4) is 0 Å². The molecule has 80 valence electrons. The normalized spacial score (nSPS) is 21.3. The zero-order valence-corrected chi connectivity index (χ0v) is 9.22. The van der Waals surface area contributed by atoms with Crippen LogP contribution in [-0.4, -0.2) is 25.1 Å². The fourth-order valence-corrected chi connectivity index (χ4v) is 3.32. The fourth-order valence-electron chi connectivity index (χ4n) is 1.57. The second kappa shape index (κ2) is 3.50. The Kier molecular flexibility index (Phi) is 2.44. The number of hydrogen-bond acceptors (Lipinski definition) is 4. The first kappa shape index (κ1) is 10.4. The molecule has 2 rings (SSSR count). The number of rotatable bonds is 0. The van der Waals surface area contributed by atoms with E-state index in [0.29, 0.717) is 16.3 Å². The summed E-state index contributed by atoms with van der Waals surface area (Å²) in [5.74, 6) is -0.0419. The lowest BCUT2D eigenvalue weighted by Gasteiger charge is -2.16. The van der Waals surface area contributed by atoms with Crippen LogP contribution in [0.15, 0.2) is 28.3 Å². The number of halogens is 1. The third kappa shape index (κ3) is 1.72. The van der Waals surface area contributed by atoms with E-state index < -0.39 is 9.84 Å². The van der Waals surface area contributed by atoms with Gasteiger partial charge in [-0.15, -0.1) is 0 Å². The quantitative estimate of drug-likeness (QED) is 0.559. The molecule has 1 heterocycles. The zero-order chi connectivity index (χ0) is 11.1. The van der Waals surface area contributed by atoms with Gasteiger partial charge >= 0.3 is 0 Å². The first-order valence-corrected chi connectivity index (χ1v) is 6.31. The van der Waals surface area contributed by atoms with E-state index in [0.717, 1.165) is 0 Å². The third-order valence-electron chi connectivity index (χ3n) is 2.32. The number of fused-ring (bicyclic) bond motifs is 1. The van der Waals surface area contributed by atoms with E-state index in [9.17, 15) is 8.42 Å². The van der Waals surface area contributed by atoms with Crippen LogP contribution in [0, 0.1) is 0 Å². The van der Waals surface area contributed by atoms with Crippen LogP contribution in [0.2, 0.25) is 5.02 Å². The molecule has 1 N–H and O–H groups in total. The van der Waals surface area contributed by atoms with Gasteiger partial charge in [0.15, 0.2) is 9.84 Å². The summed E-state index contributed by atoms with van der Waals surface area (Å²) in [5.41, 5.74) is 0.824. The van der Waals surface area contributed by atoms with Gasteiger partial charge in [-0.25, -0.2) is 8.42 Å². The highest BCUT2D eigenvalue weighted by Crippen LogP contribution is 2.27. The maximum absolute atomic E-state index is 11.7. The molecule has 0 atom stereocenters. The Balaban J connectivity index is 2.75. The van der Waals surface area contributed by atoms with E-state index in [-0.39, 0.29) is 17.1 Å². The first-order valence-electron chi connectivity index (χ1n) is 4.28. The van der Waals surface area contributed by atoms with Crippen LogP contribution in [0.1, 0.15) is 12.0 Å². The third-order valence-corrected chi connectivity index (χ3v) is 4.30. The predicted octanol–water partition coefficient (Wildman–Crippen LogP) is 1.70. The molecular weight excluding hydrogens is 238 g/mol. The second-order valence-electron chi connectivity index (χ2n) is 3.26. The molecule has 4 nitrogen and oxygen atoms in total. The number of hydrogen-bond donors (Lipinski definition) is 1. The highest BCUT2D eigenvalue weighted by molar-refractivity contribution is 7.91. The van der Waals surface area contributed by atoms with Crippen LogP contribution in [0.4, 0.5) is 0 Å². The van der Waals surface area contributed by atoms with Crippen molar-refractivity contribution >= 4 is 27.1 Å². The number of sulfone groups is 1. The van der Waals surface area contributed by atoms with Crippen molar-refractivity contribution in [3.63, 3.8) is 0 Å².